The van der Waals surface area contributed by atoms with Crippen molar-refractivity contribution in [1.29, 1.82) is 0 Å². The van der Waals surface area contributed by atoms with E-state index in [1.807, 2.05) is 18.2 Å². The van der Waals surface area contributed by atoms with Crippen molar-refractivity contribution in [2.24, 2.45) is 5.73 Å². The van der Waals surface area contributed by atoms with Crippen molar-refractivity contribution in [3.63, 3.8) is 0 Å². The average Bonchev–Trinajstić information content (AvgIpc) is 2.17. The van der Waals surface area contributed by atoms with E-state index in [9.17, 15) is 4.79 Å². The van der Waals surface area contributed by atoms with Gasteiger partial charge in [0, 0.05) is 6.54 Å². The predicted octanol–water partition coefficient (Wildman–Crippen LogP) is 0.988. The highest BCUT2D eigenvalue weighted by atomic mass is 16.4. The molecule has 13 heavy (non-hydrogen) atoms. The van der Waals surface area contributed by atoms with Gasteiger partial charge in [0.2, 0.25) is 0 Å². The maximum absolute atomic E-state index is 11.0. The van der Waals surface area contributed by atoms with Crippen LogP contribution in [0.5, 0.6) is 0 Å². The number of carboxylic acids is 1. The van der Waals surface area contributed by atoms with Crippen LogP contribution in [0.15, 0.2) is 30.3 Å². The van der Waals surface area contributed by atoms with Gasteiger partial charge in [0.25, 0.3) is 0 Å². The molecule has 1 unspecified atom stereocenters. The zero-order chi connectivity index (χ0) is 9.90. The molecule has 0 spiro atoms. The topological polar surface area (TPSA) is 63.3 Å². The minimum atomic E-state index is -0.971. The Bertz CT molecular complexity index is 297. The summed E-state index contributed by atoms with van der Waals surface area (Å²) in [5.41, 5.74) is 5.23. The highest BCUT2D eigenvalue weighted by Gasteiger charge is 2.33. The molecule has 0 aliphatic heterocycles. The van der Waals surface area contributed by atoms with Gasteiger partial charge >= 0.3 is 5.97 Å². The fourth-order valence-corrected chi connectivity index (χ4v) is 1.13. The van der Waals surface area contributed by atoms with Crippen LogP contribution in [0, 0.1) is 0 Å². The van der Waals surface area contributed by atoms with E-state index >= 15 is 0 Å². The van der Waals surface area contributed by atoms with Gasteiger partial charge in [-0.15, -0.1) is 0 Å². The molecule has 3 nitrogen and oxygen atoms in total. The Morgan fingerprint density at radius 2 is 2.00 bits per heavy atom. The first kappa shape index (κ1) is 9.74. The molecule has 0 aliphatic carbocycles. The number of rotatable bonds is 3. The summed E-state index contributed by atoms with van der Waals surface area (Å²) in [6.07, 6.45) is 0. The third kappa shape index (κ3) is 1.70. The van der Waals surface area contributed by atoms with E-state index in [0.717, 1.165) is 5.56 Å². The molecule has 0 bridgehead atoms. The summed E-state index contributed by atoms with van der Waals surface area (Å²) in [6, 6.07) is 9.03. The minimum absolute atomic E-state index is 0.104. The van der Waals surface area contributed by atoms with Crippen LogP contribution < -0.4 is 5.73 Å². The van der Waals surface area contributed by atoms with Crippen LogP contribution in [-0.4, -0.2) is 17.6 Å². The van der Waals surface area contributed by atoms with E-state index in [1.54, 1.807) is 19.1 Å². The summed E-state index contributed by atoms with van der Waals surface area (Å²) in [5, 5.41) is 9.01. The highest BCUT2D eigenvalue weighted by Crippen LogP contribution is 2.22. The summed E-state index contributed by atoms with van der Waals surface area (Å²) in [7, 11) is 0. The predicted molar refractivity (Wildman–Crippen MR) is 50.5 cm³/mol. The maximum atomic E-state index is 11.0. The third-order valence-electron chi connectivity index (χ3n) is 2.29. The van der Waals surface area contributed by atoms with Gasteiger partial charge < -0.3 is 10.8 Å². The Morgan fingerprint density at radius 1 is 1.46 bits per heavy atom. The summed E-state index contributed by atoms with van der Waals surface area (Å²) in [6.45, 7) is 1.73. The number of hydrogen-bond acceptors (Lipinski definition) is 2. The second-order valence-corrected chi connectivity index (χ2v) is 3.21. The monoisotopic (exact) mass is 179 g/mol. The second-order valence-electron chi connectivity index (χ2n) is 3.21. The zero-order valence-corrected chi connectivity index (χ0v) is 7.53. The Morgan fingerprint density at radius 3 is 2.38 bits per heavy atom. The van der Waals surface area contributed by atoms with Gasteiger partial charge in [-0.25, -0.2) is 0 Å². The van der Waals surface area contributed by atoms with Gasteiger partial charge in [0.15, 0.2) is 0 Å². The summed E-state index contributed by atoms with van der Waals surface area (Å²) < 4.78 is 0. The normalized spacial score (nSPS) is 14.9. The smallest absolute Gasteiger partial charge is 0.315 e. The van der Waals surface area contributed by atoms with Crippen molar-refractivity contribution in [3.8, 4) is 0 Å². The summed E-state index contributed by atoms with van der Waals surface area (Å²) >= 11 is 0. The number of carboxylic acid groups (broad SMARTS) is 1. The van der Waals surface area contributed by atoms with Gasteiger partial charge in [0.1, 0.15) is 5.41 Å². The number of benzene rings is 1. The van der Waals surface area contributed by atoms with Crippen LogP contribution in [-0.2, 0) is 10.2 Å². The molecular formula is C10H13NO2. The van der Waals surface area contributed by atoms with Crippen molar-refractivity contribution in [3.05, 3.63) is 35.9 Å². The average molecular weight is 179 g/mol. The molecule has 0 saturated heterocycles. The Hall–Kier alpha value is -1.35. The Labute approximate surface area is 77.2 Å². The lowest BCUT2D eigenvalue weighted by molar-refractivity contribution is -0.142. The van der Waals surface area contributed by atoms with Gasteiger partial charge in [-0.2, -0.15) is 0 Å². The molecule has 0 radical (unpaired) electrons. The molecule has 3 N–H and O–H groups in total. The fourth-order valence-electron chi connectivity index (χ4n) is 1.13. The minimum Gasteiger partial charge on any atom is -0.481 e. The molecule has 0 heterocycles. The van der Waals surface area contributed by atoms with Gasteiger partial charge in [-0.1, -0.05) is 30.3 Å². The molecule has 0 aromatic heterocycles. The van der Waals surface area contributed by atoms with Crippen LogP contribution in [0.2, 0.25) is 0 Å². The summed E-state index contributed by atoms with van der Waals surface area (Å²) in [4.78, 5) is 11.0. The molecule has 1 aromatic rings. The molecule has 0 saturated carbocycles. The largest absolute Gasteiger partial charge is 0.481 e. The van der Waals surface area contributed by atoms with Crippen LogP contribution in [0.4, 0.5) is 0 Å². The quantitative estimate of drug-likeness (QED) is 0.727. The van der Waals surface area contributed by atoms with Gasteiger partial charge in [-0.05, 0) is 12.5 Å². The third-order valence-corrected chi connectivity index (χ3v) is 2.29. The van der Waals surface area contributed by atoms with E-state index < -0.39 is 11.4 Å². The van der Waals surface area contributed by atoms with Gasteiger partial charge in [-0.3, -0.25) is 4.79 Å². The maximum Gasteiger partial charge on any atom is 0.315 e. The molecule has 0 aliphatic rings. The van der Waals surface area contributed by atoms with E-state index in [-0.39, 0.29) is 6.54 Å². The van der Waals surface area contributed by atoms with Crippen molar-refractivity contribution in [1.82, 2.24) is 0 Å². The van der Waals surface area contributed by atoms with Crippen molar-refractivity contribution in [2.75, 3.05) is 6.54 Å². The summed E-state index contributed by atoms with van der Waals surface area (Å²) in [5.74, 6) is -0.888. The second kappa shape index (κ2) is 3.58. The zero-order valence-electron chi connectivity index (χ0n) is 7.53. The lowest BCUT2D eigenvalue weighted by Crippen LogP contribution is -2.39. The molecule has 3 heteroatoms. The van der Waals surface area contributed by atoms with E-state index in [1.165, 1.54) is 0 Å². The fraction of sp³-hybridized carbons (Fsp3) is 0.300. The Kier molecular flexibility index (Phi) is 2.68. The SMILES string of the molecule is CC(CN)(C(=O)O)c1ccccc1. The molecule has 70 valence electrons. The van der Waals surface area contributed by atoms with Crippen LogP contribution in [0.25, 0.3) is 0 Å². The van der Waals surface area contributed by atoms with Crippen molar-refractivity contribution >= 4 is 5.97 Å². The van der Waals surface area contributed by atoms with E-state index in [2.05, 4.69) is 0 Å². The first-order valence-corrected chi connectivity index (χ1v) is 4.10. The van der Waals surface area contributed by atoms with Crippen LogP contribution in [0.3, 0.4) is 0 Å². The standard InChI is InChI=1S/C10H13NO2/c1-10(7-11,9(12)13)8-5-3-2-4-6-8/h2-6H,7,11H2,1H3,(H,12,13). The number of carbonyl (C=O) groups is 1. The number of aliphatic carboxylic acids is 1. The highest BCUT2D eigenvalue weighted by molar-refractivity contribution is 5.81. The number of nitrogens with two attached hydrogens (primary N) is 1. The molecule has 1 aromatic carbocycles. The van der Waals surface area contributed by atoms with Crippen molar-refractivity contribution in [2.45, 2.75) is 12.3 Å². The van der Waals surface area contributed by atoms with Crippen LogP contribution >= 0.6 is 0 Å². The first-order chi connectivity index (χ1) is 6.11. The van der Waals surface area contributed by atoms with Gasteiger partial charge in [0.05, 0.1) is 0 Å². The molecular weight excluding hydrogens is 166 g/mol. The lowest BCUT2D eigenvalue weighted by atomic mass is 9.83. The van der Waals surface area contributed by atoms with Crippen molar-refractivity contribution < 1.29 is 9.90 Å². The molecule has 0 amide bonds. The van der Waals surface area contributed by atoms with Crippen LogP contribution in [0.1, 0.15) is 12.5 Å². The molecule has 1 atom stereocenters. The van der Waals surface area contributed by atoms with E-state index in [0.29, 0.717) is 0 Å². The molecule has 1 rings (SSSR count). The Balaban J connectivity index is 3.11. The number of hydrogen-bond donors (Lipinski definition) is 2. The molecule has 0 fully saturated rings. The first-order valence-electron chi connectivity index (χ1n) is 4.10. The lowest BCUT2D eigenvalue weighted by Gasteiger charge is -2.22. The van der Waals surface area contributed by atoms with E-state index in [4.69, 9.17) is 10.8 Å².